The monoisotopic (exact) mass is 439 g/mol. The summed E-state index contributed by atoms with van der Waals surface area (Å²) >= 11 is 3.33. The Labute approximate surface area is 166 Å². The maximum Gasteiger partial charge on any atom is 0.407 e. The number of amides is 1. The molecule has 0 aliphatic carbocycles. The molecule has 27 heavy (non-hydrogen) atoms. The van der Waals surface area contributed by atoms with Crippen LogP contribution in [0.4, 0.5) is 4.79 Å². The highest BCUT2D eigenvalue weighted by Crippen LogP contribution is 2.36. The fourth-order valence-electron chi connectivity index (χ4n) is 2.38. The Morgan fingerprint density at radius 2 is 1.74 bits per heavy atom. The summed E-state index contributed by atoms with van der Waals surface area (Å²) in [6.07, 6.45) is -3.19. The number of carbonyl (C=O) groups is 1. The largest absolute Gasteiger partial charge is 0.493 e. The molecule has 0 radical (unpaired) electrons. The molecule has 0 fully saturated rings. The van der Waals surface area contributed by atoms with Crippen LogP contribution in [0.3, 0.4) is 0 Å². The minimum atomic E-state index is -1.26. The van der Waals surface area contributed by atoms with Gasteiger partial charge in [0.15, 0.2) is 11.5 Å². The summed E-state index contributed by atoms with van der Waals surface area (Å²) in [5, 5.41) is 23.0. The number of aliphatic hydroxyl groups is 2. The minimum Gasteiger partial charge on any atom is -0.493 e. The average molecular weight is 440 g/mol. The predicted molar refractivity (Wildman–Crippen MR) is 103 cm³/mol. The van der Waals surface area contributed by atoms with E-state index >= 15 is 0 Å². The molecule has 0 spiro atoms. The van der Waals surface area contributed by atoms with Gasteiger partial charge in [-0.2, -0.15) is 0 Å². The fraction of sp³-hybridized carbons (Fsp3) is 0.316. The molecule has 7 nitrogen and oxygen atoms in total. The molecule has 2 rings (SSSR count). The molecule has 2 aromatic rings. The van der Waals surface area contributed by atoms with Crippen LogP contribution in [0.1, 0.15) is 17.2 Å². The second-order valence-corrected chi connectivity index (χ2v) is 6.54. The van der Waals surface area contributed by atoms with Gasteiger partial charge in [-0.1, -0.05) is 46.3 Å². The van der Waals surface area contributed by atoms with Gasteiger partial charge in [0.2, 0.25) is 0 Å². The summed E-state index contributed by atoms with van der Waals surface area (Å²) in [4.78, 5) is 11.8. The zero-order valence-electron chi connectivity index (χ0n) is 15.0. The molecule has 2 unspecified atom stereocenters. The number of halogens is 1. The molecule has 8 heteroatoms. The first-order valence-corrected chi connectivity index (χ1v) is 8.97. The molecule has 0 saturated heterocycles. The highest BCUT2D eigenvalue weighted by atomic mass is 79.9. The van der Waals surface area contributed by atoms with Gasteiger partial charge < -0.3 is 29.7 Å². The van der Waals surface area contributed by atoms with Gasteiger partial charge >= 0.3 is 6.09 Å². The standard InChI is InChI=1S/C19H22BrNO6/c1-25-16-8-13(14(20)9-17(16)26-2)18(23)15(22)10-21-19(24)27-11-12-6-4-3-5-7-12/h3-9,15,18,22-23H,10-11H2,1-2H3,(H,21,24). The first-order chi connectivity index (χ1) is 13.0. The maximum absolute atomic E-state index is 11.8. The van der Waals surface area contributed by atoms with E-state index in [9.17, 15) is 15.0 Å². The summed E-state index contributed by atoms with van der Waals surface area (Å²) < 4.78 is 16.0. The Kier molecular flexibility index (Phi) is 7.90. The van der Waals surface area contributed by atoms with Crippen molar-refractivity contribution in [3.63, 3.8) is 0 Å². The molecule has 0 aliphatic heterocycles. The van der Waals surface area contributed by atoms with Crippen LogP contribution in [-0.4, -0.2) is 43.2 Å². The normalized spacial score (nSPS) is 12.8. The van der Waals surface area contributed by atoms with E-state index in [-0.39, 0.29) is 13.2 Å². The molecule has 2 aromatic carbocycles. The van der Waals surface area contributed by atoms with Crippen LogP contribution in [0.15, 0.2) is 46.9 Å². The maximum atomic E-state index is 11.8. The third-order valence-corrected chi connectivity index (χ3v) is 4.54. The second-order valence-electron chi connectivity index (χ2n) is 5.68. The Morgan fingerprint density at radius 1 is 1.11 bits per heavy atom. The van der Waals surface area contributed by atoms with E-state index in [1.54, 1.807) is 12.1 Å². The van der Waals surface area contributed by atoms with E-state index in [1.807, 2.05) is 30.3 Å². The number of nitrogens with one attached hydrogen (secondary N) is 1. The van der Waals surface area contributed by atoms with Gasteiger partial charge in [-0.3, -0.25) is 0 Å². The number of hydrogen-bond acceptors (Lipinski definition) is 6. The number of benzene rings is 2. The third-order valence-electron chi connectivity index (χ3n) is 3.85. The third kappa shape index (κ3) is 5.85. The lowest BCUT2D eigenvalue weighted by Crippen LogP contribution is -2.35. The zero-order valence-corrected chi connectivity index (χ0v) is 16.6. The molecule has 1 amide bonds. The van der Waals surface area contributed by atoms with Gasteiger partial charge in [0.1, 0.15) is 18.8 Å². The summed E-state index contributed by atoms with van der Waals surface area (Å²) in [7, 11) is 2.98. The average Bonchev–Trinajstić information content (AvgIpc) is 2.70. The summed E-state index contributed by atoms with van der Waals surface area (Å²) in [6, 6.07) is 12.4. The first-order valence-electron chi connectivity index (χ1n) is 8.18. The Hall–Kier alpha value is -2.29. The lowest BCUT2D eigenvalue weighted by atomic mass is 10.0. The highest BCUT2D eigenvalue weighted by molar-refractivity contribution is 9.10. The van der Waals surface area contributed by atoms with E-state index in [2.05, 4.69) is 21.2 Å². The first kappa shape index (κ1) is 21.0. The Bertz CT molecular complexity index is 755. The topological polar surface area (TPSA) is 97.2 Å². The van der Waals surface area contributed by atoms with Crippen LogP contribution in [0.2, 0.25) is 0 Å². The van der Waals surface area contributed by atoms with E-state index in [0.717, 1.165) is 5.56 Å². The van der Waals surface area contributed by atoms with Crippen molar-refractivity contribution in [2.45, 2.75) is 18.8 Å². The molecular formula is C19H22BrNO6. The summed E-state index contributed by atoms with van der Waals surface area (Å²) in [5.74, 6) is 0.898. The van der Waals surface area contributed by atoms with E-state index in [1.165, 1.54) is 14.2 Å². The second kappa shape index (κ2) is 10.1. The van der Waals surface area contributed by atoms with Crippen molar-refractivity contribution in [2.24, 2.45) is 0 Å². The summed E-state index contributed by atoms with van der Waals surface area (Å²) in [5.41, 5.74) is 1.25. The minimum absolute atomic E-state index is 0.118. The van der Waals surface area contributed by atoms with Crippen molar-refractivity contribution in [1.82, 2.24) is 5.32 Å². The van der Waals surface area contributed by atoms with Crippen LogP contribution < -0.4 is 14.8 Å². The summed E-state index contributed by atoms with van der Waals surface area (Å²) in [6.45, 7) is -0.0673. The van der Waals surface area contributed by atoms with Crippen molar-refractivity contribution in [3.05, 3.63) is 58.1 Å². The number of hydrogen-bond donors (Lipinski definition) is 3. The molecule has 3 N–H and O–H groups in total. The van der Waals surface area contributed by atoms with Crippen LogP contribution in [-0.2, 0) is 11.3 Å². The van der Waals surface area contributed by atoms with Crippen LogP contribution in [0.25, 0.3) is 0 Å². The van der Waals surface area contributed by atoms with Crippen molar-refractivity contribution >= 4 is 22.0 Å². The van der Waals surface area contributed by atoms with Gasteiger partial charge in [0.25, 0.3) is 0 Å². The van der Waals surface area contributed by atoms with Gasteiger partial charge in [-0.25, -0.2) is 4.79 Å². The van der Waals surface area contributed by atoms with Crippen LogP contribution in [0, 0.1) is 0 Å². The quantitative estimate of drug-likeness (QED) is 0.584. The van der Waals surface area contributed by atoms with Crippen molar-refractivity contribution < 1.29 is 29.2 Å². The number of methoxy groups -OCH3 is 2. The predicted octanol–water partition coefficient (Wildman–Crippen LogP) is 2.79. The van der Waals surface area contributed by atoms with Crippen LogP contribution in [0.5, 0.6) is 11.5 Å². The highest BCUT2D eigenvalue weighted by Gasteiger charge is 2.23. The fourth-order valence-corrected chi connectivity index (χ4v) is 2.93. The smallest absolute Gasteiger partial charge is 0.407 e. The molecule has 0 saturated carbocycles. The molecular weight excluding hydrogens is 418 g/mol. The Morgan fingerprint density at radius 3 is 2.37 bits per heavy atom. The van der Waals surface area contributed by atoms with Crippen molar-refractivity contribution in [1.29, 1.82) is 0 Å². The number of carbonyl (C=O) groups excluding carboxylic acids is 1. The van der Waals surface area contributed by atoms with E-state index in [4.69, 9.17) is 14.2 Å². The van der Waals surface area contributed by atoms with Crippen LogP contribution >= 0.6 is 15.9 Å². The van der Waals surface area contributed by atoms with Gasteiger partial charge in [0, 0.05) is 16.6 Å². The number of rotatable bonds is 8. The number of aliphatic hydroxyl groups excluding tert-OH is 2. The van der Waals surface area contributed by atoms with Crippen molar-refractivity contribution in [3.8, 4) is 11.5 Å². The number of alkyl carbamates (subject to hydrolysis) is 1. The zero-order chi connectivity index (χ0) is 19.8. The van der Waals surface area contributed by atoms with E-state index in [0.29, 0.717) is 21.5 Å². The molecule has 0 heterocycles. The lowest BCUT2D eigenvalue weighted by molar-refractivity contribution is 0.0178. The molecule has 0 aromatic heterocycles. The van der Waals surface area contributed by atoms with Crippen molar-refractivity contribution in [2.75, 3.05) is 20.8 Å². The molecule has 146 valence electrons. The lowest BCUT2D eigenvalue weighted by Gasteiger charge is -2.21. The molecule has 0 bridgehead atoms. The molecule has 2 atom stereocenters. The SMILES string of the molecule is COc1cc(Br)c(C(O)C(O)CNC(=O)OCc2ccccc2)cc1OC. The van der Waals surface area contributed by atoms with Gasteiger partial charge in [0.05, 0.1) is 14.2 Å². The Balaban J connectivity index is 1.91. The van der Waals surface area contributed by atoms with Gasteiger partial charge in [-0.05, 0) is 17.7 Å². The number of ether oxygens (including phenoxy) is 3. The van der Waals surface area contributed by atoms with E-state index < -0.39 is 18.3 Å². The molecule has 0 aliphatic rings. The van der Waals surface area contributed by atoms with Gasteiger partial charge in [-0.15, -0.1) is 0 Å².